The number of hydrogen-bond donors (Lipinski definition) is 3. The maximum Gasteiger partial charge on any atom is 0.261 e. The lowest BCUT2D eigenvalue weighted by Crippen LogP contribution is -2.34. The number of primary amides is 1. The number of amides is 2. The lowest BCUT2D eigenvalue weighted by Gasteiger charge is -2.26. The van der Waals surface area contributed by atoms with Crippen LogP contribution in [0.4, 0.5) is 0 Å². The molecule has 0 fully saturated rings. The first-order valence-corrected chi connectivity index (χ1v) is 7.73. The van der Waals surface area contributed by atoms with E-state index >= 15 is 0 Å². The van der Waals surface area contributed by atoms with E-state index in [-0.39, 0.29) is 17.5 Å². The number of carbonyl (C=O) groups excluding carboxylic acids is 2. The van der Waals surface area contributed by atoms with E-state index in [1.54, 1.807) is 0 Å². The number of carbonyl (C=O) groups is 2. The first-order chi connectivity index (χ1) is 10.4. The molecular weight excluding hydrogens is 282 g/mol. The molecule has 1 heterocycles. The van der Waals surface area contributed by atoms with Gasteiger partial charge in [-0.05, 0) is 43.2 Å². The van der Waals surface area contributed by atoms with Gasteiger partial charge in [0.25, 0.3) is 11.5 Å². The second kappa shape index (κ2) is 6.77. The molecule has 0 saturated heterocycles. The number of pyridine rings is 1. The van der Waals surface area contributed by atoms with Gasteiger partial charge in [0.05, 0.1) is 6.04 Å². The topological polar surface area (TPSA) is 105 Å². The van der Waals surface area contributed by atoms with Crippen LogP contribution < -0.4 is 16.6 Å². The Morgan fingerprint density at radius 2 is 2.18 bits per heavy atom. The van der Waals surface area contributed by atoms with Gasteiger partial charge in [0.1, 0.15) is 5.56 Å². The number of aromatic amines is 1. The predicted octanol–water partition coefficient (Wildman–Crippen LogP) is 1.40. The number of nitrogens with two attached hydrogens (primary N) is 1. The maximum absolute atomic E-state index is 12.0. The van der Waals surface area contributed by atoms with Crippen LogP contribution in [0, 0.1) is 5.92 Å². The molecule has 4 N–H and O–H groups in total. The molecule has 1 aromatic rings. The summed E-state index contributed by atoms with van der Waals surface area (Å²) in [6.07, 6.45) is 3.74. The van der Waals surface area contributed by atoms with Crippen molar-refractivity contribution < 1.29 is 9.59 Å². The highest BCUT2D eigenvalue weighted by Gasteiger charge is 2.24. The summed E-state index contributed by atoms with van der Waals surface area (Å²) in [7, 11) is 0. The number of nitrogens with one attached hydrogen (secondary N) is 2. The highest BCUT2D eigenvalue weighted by Crippen LogP contribution is 2.28. The number of H-pyrrole nitrogens is 1. The predicted molar refractivity (Wildman–Crippen MR) is 83.5 cm³/mol. The Kier molecular flexibility index (Phi) is 5.00. The van der Waals surface area contributed by atoms with Gasteiger partial charge < -0.3 is 16.0 Å². The third-order valence-corrected chi connectivity index (χ3v) is 4.00. The normalized spacial score (nSPS) is 17.1. The molecule has 1 aliphatic rings. The minimum Gasteiger partial charge on any atom is -0.365 e. The van der Waals surface area contributed by atoms with Gasteiger partial charge in [-0.25, -0.2) is 0 Å². The molecule has 1 aliphatic carbocycles. The number of fused-ring (bicyclic) bond motifs is 1. The highest BCUT2D eigenvalue weighted by molar-refractivity contribution is 5.92. The summed E-state index contributed by atoms with van der Waals surface area (Å²) in [5.41, 5.74) is 6.31. The molecule has 120 valence electrons. The fourth-order valence-corrected chi connectivity index (χ4v) is 2.76. The van der Waals surface area contributed by atoms with Crippen LogP contribution in [-0.2, 0) is 11.2 Å². The smallest absolute Gasteiger partial charge is 0.261 e. The van der Waals surface area contributed by atoms with Gasteiger partial charge in [-0.1, -0.05) is 13.8 Å². The third kappa shape index (κ3) is 3.75. The molecule has 0 aromatic carbocycles. The van der Waals surface area contributed by atoms with Crippen molar-refractivity contribution in [2.75, 3.05) is 0 Å². The maximum atomic E-state index is 12.0. The van der Waals surface area contributed by atoms with Crippen molar-refractivity contribution in [3.8, 4) is 0 Å². The molecule has 1 atom stereocenters. The van der Waals surface area contributed by atoms with Crippen molar-refractivity contribution >= 4 is 11.8 Å². The van der Waals surface area contributed by atoms with Crippen LogP contribution in [0.1, 0.15) is 67.2 Å². The molecular formula is C16H23N3O3. The van der Waals surface area contributed by atoms with E-state index in [1.165, 1.54) is 6.07 Å². The summed E-state index contributed by atoms with van der Waals surface area (Å²) >= 11 is 0. The van der Waals surface area contributed by atoms with Crippen molar-refractivity contribution in [1.82, 2.24) is 10.3 Å². The van der Waals surface area contributed by atoms with Crippen molar-refractivity contribution in [2.24, 2.45) is 11.7 Å². The number of aromatic nitrogens is 1. The zero-order chi connectivity index (χ0) is 16.3. The molecule has 6 nitrogen and oxygen atoms in total. The number of rotatable bonds is 5. The van der Waals surface area contributed by atoms with Crippen molar-refractivity contribution in [3.05, 3.63) is 33.2 Å². The molecule has 0 bridgehead atoms. The van der Waals surface area contributed by atoms with Crippen LogP contribution in [0.25, 0.3) is 0 Å². The summed E-state index contributed by atoms with van der Waals surface area (Å²) in [6, 6.07) is 1.36. The molecule has 2 amide bonds. The van der Waals surface area contributed by atoms with Crippen LogP contribution in [-0.4, -0.2) is 16.8 Å². The molecule has 6 heteroatoms. The fraction of sp³-hybridized carbons (Fsp3) is 0.562. The monoisotopic (exact) mass is 305 g/mol. The Labute approximate surface area is 129 Å². The third-order valence-electron chi connectivity index (χ3n) is 4.00. The summed E-state index contributed by atoms with van der Waals surface area (Å²) in [6.45, 7) is 4.15. The SMILES string of the molecule is CC(C)CCC(=O)NC1CCCc2[nH]c(=O)c(C(N)=O)cc21. The molecule has 1 unspecified atom stereocenters. The van der Waals surface area contributed by atoms with Gasteiger partial charge in [-0.3, -0.25) is 14.4 Å². The Hall–Kier alpha value is -2.11. The quantitative estimate of drug-likeness (QED) is 0.765. The van der Waals surface area contributed by atoms with Crippen molar-refractivity contribution in [2.45, 2.75) is 52.0 Å². The Morgan fingerprint density at radius 3 is 2.82 bits per heavy atom. The second-order valence-electron chi connectivity index (χ2n) is 6.26. The van der Waals surface area contributed by atoms with Gasteiger partial charge in [-0.15, -0.1) is 0 Å². The summed E-state index contributed by atoms with van der Waals surface area (Å²) in [5, 5.41) is 3.00. The van der Waals surface area contributed by atoms with Gasteiger partial charge >= 0.3 is 0 Å². The minimum absolute atomic E-state index is 0.00150. The van der Waals surface area contributed by atoms with Crippen LogP contribution in [0.3, 0.4) is 0 Å². The van der Waals surface area contributed by atoms with E-state index in [9.17, 15) is 14.4 Å². The molecule has 1 aromatic heterocycles. The highest BCUT2D eigenvalue weighted by atomic mass is 16.2. The zero-order valence-corrected chi connectivity index (χ0v) is 13.1. The van der Waals surface area contributed by atoms with Crippen LogP contribution >= 0.6 is 0 Å². The fourth-order valence-electron chi connectivity index (χ4n) is 2.76. The molecule has 0 spiro atoms. The van der Waals surface area contributed by atoms with E-state index < -0.39 is 11.5 Å². The molecule has 0 aliphatic heterocycles. The lowest BCUT2D eigenvalue weighted by atomic mass is 9.90. The van der Waals surface area contributed by atoms with Crippen molar-refractivity contribution in [1.29, 1.82) is 0 Å². The van der Waals surface area contributed by atoms with Gasteiger partial charge in [-0.2, -0.15) is 0 Å². The van der Waals surface area contributed by atoms with Gasteiger partial charge in [0, 0.05) is 12.1 Å². The van der Waals surface area contributed by atoms with Gasteiger partial charge in [0.2, 0.25) is 5.91 Å². The Bertz CT molecular complexity index is 634. The number of hydrogen-bond acceptors (Lipinski definition) is 3. The van der Waals surface area contributed by atoms with E-state index in [4.69, 9.17) is 5.73 Å². The average molecular weight is 305 g/mol. The van der Waals surface area contributed by atoms with Crippen molar-refractivity contribution in [3.63, 3.8) is 0 Å². The van der Waals surface area contributed by atoms with E-state index in [0.29, 0.717) is 12.3 Å². The molecule has 22 heavy (non-hydrogen) atoms. The lowest BCUT2D eigenvalue weighted by molar-refractivity contribution is -0.122. The summed E-state index contributed by atoms with van der Waals surface area (Å²) in [4.78, 5) is 37.9. The summed E-state index contributed by atoms with van der Waals surface area (Å²) < 4.78 is 0. The zero-order valence-electron chi connectivity index (χ0n) is 13.1. The summed E-state index contributed by atoms with van der Waals surface area (Å²) in [5.74, 6) is -0.278. The standard InChI is InChI=1S/C16H23N3O3/c1-9(2)6-7-14(20)18-12-4-3-5-13-10(12)8-11(15(17)21)16(22)19-13/h8-9,12H,3-7H2,1-2H3,(H2,17,21)(H,18,20)(H,19,22). The Morgan fingerprint density at radius 1 is 1.45 bits per heavy atom. The first-order valence-electron chi connectivity index (χ1n) is 7.73. The first kappa shape index (κ1) is 16.3. The van der Waals surface area contributed by atoms with E-state index in [1.807, 2.05) is 0 Å². The minimum atomic E-state index is -0.750. The molecule has 0 radical (unpaired) electrons. The van der Waals surface area contributed by atoms with Crippen LogP contribution in [0.15, 0.2) is 10.9 Å². The van der Waals surface area contributed by atoms with Gasteiger partial charge in [0.15, 0.2) is 0 Å². The Balaban J connectivity index is 2.20. The van der Waals surface area contributed by atoms with E-state index in [2.05, 4.69) is 24.1 Å². The largest absolute Gasteiger partial charge is 0.365 e. The van der Waals surface area contributed by atoms with Crippen LogP contribution in [0.5, 0.6) is 0 Å². The van der Waals surface area contributed by atoms with Crippen LogP contribution in [0.2, 0.25) is 0 Å². The second-order valence-corrected chi connectivity index (χ2v) is 6.26. The average Bonchev–Trinajstić information content (AvgIpc) is 2.44. The molecule has 2 rings (SSSR count). The molecule has 0 saturated carbocycles. The number of aryl methyl sites for hydroxylation is 1. The van der Waals surface area contributed by atoms with E-state index in [0.717, 1.165) is 36.9 Å².